The number of benzene rings is 2. The van der Waals surface area contributed by atoms with Crippen molar-refractivity contribution in [3.05, 3.63) is 52.8 Å². The number of nitrogens with zero attached hydrogens (tertiary/aromatic N) is 2. The van der Waals surface area contributed by atoms with E-state index in [-0.39, 0.29) is 5.82 Å². The van der Waals surface area contributed by atoms with Gasteiger partial charge in [0, 0.05) is 31.1 Å². The van der Waals surface area contributed by atoms with Gasteiger partial charge in [-0.3, -0.25) is 5.10 Å². The van der Waals surface area contributed by atoms with Crippen molar-refractivity contribution in [2.24, 2.45) is 0 Å². The average molecular weight is 338 g/mol. The van der Waals surface area contributed by atoms with Gasteiger partial charge >= 0.3 is 0 Å². The molecule has 1 fully saturated rings. The number of nitrogens with one attached hydrogen (secondary N) is 2. The van der Waals surface area contributed by atoms with Crippen molar-refractivity contribution in [2.45, 2.75) is 33.2 Å². The molecule has 4 nitrogen and oxygen atoms in total. The number of aryl methyl sites for hydroxylation is 2. The van der Waals surface area contributed by atoms with E-state index in [0.717, 1.165) is 29.8 Å². The molecule has 0 saturated carbocycles. The summed E-state index contributed by atoms with van der Waals surface area (Å²) in [6.45, 7) is 6.82. The normalized spacial score (nSPS) is 14.4. The quantitative estimate of drug-likeness (QED) is 0.734. The first-order chi connectivity index (χ1) is 12.1. The standard InChI is InChI=1S/C20H23FN4/c1-13-6-5-7-14(2)16(13)12-22-19-10-15-18(11-17(19)21)23-24-20(15)25-8-3-4-9-25/h5-7,10-11,22H,3-4,8-9,12H2,1-2H3,(H,23,24). The van der Waals surface area contributed by atoms with E-state index >= 15 is 0 Å². The van der Waals surface area contributed by atoms with Crippen molar-refractivity contribution in [3.63, 3.8) is 0 Å². The minimum Gasteiger partial charge on any atom is -0.379 e. The van der Waals surface area contributed by atoms with Gasteiger partial charge in [0.05, 0.1) is 11.2 Å². The molecular formula is C20H23FN4. The Kier molecular flexibility index (Phi) is 4.07. The van der Waals surface area contributed by atoms with E-state index in [2.05, 4.69) is 52.5 Å². The molecule has 4 rings (SSSR count). The van der Waals surface area contributed by atoms with Gasteiger partial charge in [0.2, 0.25) is 0 Å². The lowest BCUT2D eigenvalue weighted by Gasteiger charge is -2.15. The number of H-pyrrole nitrogens is 1. The van der Waals surface area contributed by atoms with Crippen LogP contribution in [0.2, 0.25) is 0 Å². The van der Waals surface area contributed by atoms with Crippen LogP contribution in [-0.2, 0) is 6.54 Å². The maximum Gasteiger partial charge on any atom is 0.158 e. The van der Waals surface area contributed by atoms with E-state index in [0.29, 0.717) is 12.2 Å². The third-order valence-electron chi connectivity index (χ3n) is 5.14. The highest BCUT2D eigenvalue weighted by atomic mass is 19.1. The van der Waals surface area contributed by atoms with Crippen LogP contribution in [0.3, 0.4) is 0 Å². The van der Waals surface area contributed by atoms with Crippen LogP contribution in [0.5, 0.6) is 0 Å². The van der Waals surface area contributed by atoms with E-state index in [9.17, 15) is 4.39 Å². The van der Waals surface area contributed by atoms with Crippen LogP contribution in [0.25, 0.3) is 10.9 Å². The molecule has 1 aromatic heterocycles. The Bertz CT molecular complexity index is 889. The maximum atomic E-state index is 14.5. The van der Waals surface area contributed by atoms with Gasteiger partial charge in [-0.1, -0.05) is 18.2 Å². The van der Waals surface area contributed by atoms with Gasteiger partial charge in [-0.2, -0.15) is 5.10 Å². The fourth-order valence-electron chi connectivity index (χ4n) is 3.64. The molecule has 25 heavy (non-hydrogen) atoms. The van der Waals surface area contributed by atoms with Gasteiger partial charge in [0.1, 0.15) is 5.82 Å². The summed E-state index contributed by atoms with van der Waals surface area (Å²) in [4.78, 5) is 2.27. The number of hydrogen-bond acceptors (Lipinski definition) is 3. The molecule has 2 N–H and O–H groups in total. The maximum absolute atomic E-state index is 14.5. The smallest absolute Gasteiger partial charge is 0.158 e. The molecule has 0 unspecified atom stereocenters. The van der Waals surface area contributed by atoms with Gasteiger partial charge < -0.3 is 10.2 Å². The lowest BCUT2D eigenvalue weighted by Crippen LogP contribution is -2.18. The Hall–Kier alpha value is -2.56. The van der Waals surface area contributed by atoms with E-state index in [1.54, 1.807) is 0 Å². The SMILES string of the molecule is Cc1cccc(C)c1CNc1cc2c(N3CCCC3)n[nH]c2cc1F. The summed E-state index contributed by atoms with van der Waals surface area (Å²) in [5.41, 5.74) is 4.92. The summed E-state index contributed by atoms with van der Waals surface area (Å²) in [7, 11) is 0. The van der Waals surface area contributed by atoms with Crippen molar-refractivity contribution in [2.75, 3.05) is 23.3 Å². The molecule has 130 valence electrons. The van der Waals surface area contributed by atoms with Crippen molar-refractivity contribution in [1.82, 2.24) is 10.2 Å². The van der Waals surface area contributed by atoms with Crippen molar-refractivity contribution >= 4 is 22.4 Å². The van der Waals surface area contributed by atoms with E-state index in [1.165, 1.54) is 35.6 Å². The summed E-state index contributed by atoms with van der Waals surface area (Å²) in [5.74, 6) is 0.679. The number of rotatable bonds is 4. The molecule has 0 amide bonds. The molecule has 1 aliphatic heterocycles. The molecule has 0 radical (unpaired) electrons. The summed E-state index contributed by atoms with van der Waals surface area (Å²) in [6.07, 6.45) is 2.38. The predicted octanol–water partition coefficient (Wildman–Crippen LogP) is 4.53. The van der Waals surface area contributed by atoms with Crippen molar-refractivity contribution in [1.29, 1.82) is 0 Å². The number of hydrogen-bond donors (Lipinski definition) is 2. The number of aromatic amines is 1. The summed E-state index contributed by atoms with van der Waals surface area (Å²) in [6, 6.07) is 9.65. The van der Waals surface area contributed by atoms with Crippen LogP contribution in [0, 0.1) is 19.7 Å². The Morgan fingerprint density at radius 2 is 1.88 bits per heavy atom. The topological polar surface area (TPSA) is 44.0 Å². The van der Waals surface area contributed by atoms with Gasteiger partial charge in [-0.05, 0) is 49.4 Å². The number of anilines is 2. The molecule has 5 heteroatoms. The first kappa shape index (κ1) is 15.9. The fraction of sp³-hybridized carbons (Fsp3) is 0.350. The van der Waals surface area contributed by atoms with Crippen LogP contribution in [0.4, 0.5) is 15.9 Å². The second-order valence-corrected chi connectivity index (χ2v) is 6.84. The van der Waals surface area contributed by atoms with Crippen molar-refractivity contribution < 1.29 is 4.39 Å². The minimum absolute atomic E-state index is 0.254. The third-order valence-corrected chi connectivity index (χ3v) is 5.14. The minimum atomic E-state index is -0.254. The molecule has 1 saturated heterocycles. The first-order valence-electron chi connectivity index (χ1n) is 8.85. The third kappa shape index (κ3) is 2.95. The Morgan fingerprint density at radius 1 is 1.16 bits per heavy atom. The zero-order chi connectivity index (χ0) is 17.4. The molecule has 0 atom stereocenters. The number of aromatic nitrogens is 2. The molecule has 2 aromatic carbocycles. The van der Waals surface area contributed by atoms with Crippen LogP contribution in [0.15, 0.2) is 30.3 Å². The molecule has 3 aromatic rings. The number of fused-ring (bicyclic) bond motifs is 1. The van der Waals surface area contributed by atoms with E-state index in [4.69, 9.17) is 0 Å². The highest BCUT2D eigenvalue weighted by molar-refractivity contribution is 5.93. The second-order valence-electron chi connectivity index (χ2n) is 6.84. The zero-order valence-corrected chi connectivity index (χ0v) is 14.7. The number of halogens is 1. The molecule has 0 bridgehead atoms. The van der Waals surface area contributed by atoms with Crippen LogP contribution < -0.4 is 10.2 Å². The van der Waals surface area contributed by atoms with Gasteiger partial charge in [0.15, 0.2) is 5.82 Å². The predicted molar refractivity (Wildman–Crippen MR) is 101 cm³/mol. The van der Waals surface area contributed by atoms with Crippen LogP contribution in [0.1, 0.15) is 29.5 Å². The molecule has 2 heterocycles. The summed E-state index contributed by atoms with van der Waals surface area (Å²) in [5, 5.41) is 11.6. The summed E-state index contributed by atoms with van der Waals surface area (Å²) >= 11 is 0. The van der Waals surface area contributed by atoms with E-state index < -0.39 is 0 Å². The highest BCUT2D eigenvalue weighted by Crippen LogP contribution is 2.31. The van der Waals surface area contributed by atoms with Crippen LogP contribution in [-0.4, -0.2) is 23.3 Å². The summed E-state index contributed by atoms with van der Waals surface area (Å²) < 4.78 is 14.5. The molecular weight excluding hydrogens is 315 g/mol. The lowest BCUT2D eigenvalue weighted by atomic mass is 10.0. The Balaban J connectivity index is 1.65. The molecule has 0 aliphatic carbocycles. The fourth-order valence-corrected chi connectivity index (χ4v) is 3.64. The van der Waals surface area contributed by atoms with Gasteiger partial charge in [-0.25, -0.2) is 4.39 Å². The lowest BCUT2D eigenvalue weighted by molar-refractivity contribution is 0.631. The largest absolute Gasteiger partial charge is 0.379 e. The average Bonchev–Trinajstić information content (AvgIpc) is 3.23. The Morgan fingerprint density at radius 3 is 2.60 bits per heavy atom. The Labute approximate surface area is 147 Å². The van der Waals surface area contributed by atoms with Gasteiger partial charge in [0.25, 0.3) is 0 Å². The highest BCUT2D eigenvalue weighted by Gasteiger charge is 2.19. The van der Waals surface area contributed by atoms with E-state index in [1.807, 2.05) is 6.07 Å². The monoisotopic (exact) mass is 338 g/mol. The first-order valence-corrected chi connectivity index (χ1v) is 8.85. The van der Waals surface area contributed by atoms with Crippen molar-refractivity contribution in [3.8, 4) is 0 Å². The zero-order valence-electron chi connectivity index (χ0n) is 14.7. The second kappa shape index (κ2) is 6.39. The molecule has 0 spiro atoms. The van der Waals surface area contributed by atoms with Crippen LogP contribution >= 0.6 is 0 Å². The molecule has 1 aliphatic rings. The van der Waals surface area contributed by atoms with Gasteiger partial charge in [-0.15, -0.1) is 0 Å².